The standard InChI is InChI=1S/C17H28Cl2N4O2/c1-4-25-15(24)9-7-5-6-8-10-21-17(20-2)22-12-13-11-14(18)16(19)23(13)3/h11H,4-10,12H2,1-3H3,(H2,20,21,22). The predicted octanol–water partition coefficient (Wildman–Crippen LogP) is 3.51. The van der Waals surface area contributed by atoms with Crippen LogP contribution in [-0.2, 0) is 23.1 Å². The predicted molar refractivity (Wildman–Crippen MR) is 103 cm³/mol. The van der Waals surface area contributed by atoms with Crippen LogP contribution < -0.4 is 10.6 Å². The van der Waals surface area contributed by atoms with Crippen LogP contribution in [0, 0.1) is 0 Å². The van der Waals surface area contributed by atoms with Crippen LogP contribution in [0.4, 0.5) is 0 Å². The summed E-state index contributed by atoms with van der Waals surface area (Å²) in [4.78, 5) is 15.4. The van der Waals surface area contributed by atoms with E-state index in [1.165, 1.54) is 0 Å². The van der Waals surface area contributed by atoms with Crippen LogP contribution in [0.2, 0.25) is 10.2 Å². The van der Waals surface area contributed by atoms with Crippen molar-refractivity contribution in [3.8, 4) is 0 Å². The molecule has 0 unspecified atom stereocenters. The Morgan fingerprint density at radius 2 is 1.96 bits per heavy atom. The van der Waals surface area contributed by atoms with Crippen LogP contribution in [0.1, 0.15) is 44.7 Å². The van der Waals surface area contributed by atoms with E-state index in [4.69, 9.17) is 27.9 Å². The van der Waals surface area contributed by atoms with E-state index in [2.05, 4.69) is 15.6 Å². The van der Waals surface area contributed by atoms with E-state index < -0.39 is 0 Å². The molecule has 2 N–H and O–H groups in total. The fourth-order valence-corrected chi connectivity index (χ4v) is 2.76. The Morgan fingerprint density at radius 3 is 2.56 bits per heavy atom. The summed E-state index contributed by atoms with van der Waals surface area (Å²) in [6.07, 6.45) is 4.48. The highest BCUT2D eigenvalue weighted by Crippen LogP contribution is 2.24. The van der Waals surface area contributed by atoms with Gasteiger partial charge in [-0.15, -0.1) is 0 Å². The topological polar surface area (TPSA) is 67.7 Å². The first-order valence-corrected chi connectivity index (χ1v) is 9.34. The van der Waals surface area contributed by atoms with Gasteiger partial charge >= 0.3 is 5.97 Å². The van der Waals surface area contributed by atoms with Gasteiger partial charge in [0, 0.05) is 32.8 Å². The number of nitrogens with zero attached hydrogens (tertiary/aromatic N) is 2. The maximum Gasteiger partial charge on any atom is 0.305 e. The summed E-state index contributed by atoms with van der Waals surface area (Å²) < 4.78 is 6.74. The summed E-state index contributed by atoms with van der Waals surface area (Å²) in [5.41, 5.74) is 0.983. The molecule has 0 radical (unpaired) electrons. The van der Waals surface area contributed by atoms with Crippen molar-refractivity contribution in [1.29, 1.82) is 0 Å². The third kappa shape index (κ3) is 8.01. The van der Waals surface area contributed by atoms with Crippen LogP contribution in [0.15, 0.2) is 11.1 Å². The molecule has 1 aromatic rings. The van der Waals surface area contributed by atoms with Gasteiger partial charge in [-0.05, 0) is 25.8 Å². The van der Waals surface area contributed by atoms with Crippen LogP contribution >= 0.6 is 23.2 Å². The average Bonchev–Trinajstić information content (AvgIpc) is 2.84. The molecule has 142 valence electrons. The average molecular weight is 391 g/mol. The number of ether oxygens (including phenoxy) is 1. The molecule has 25 heavy (non-hydrogen) atoms. The number of carbonyl (C=O) groups excluding carboxylic acids is 1. The highest BCUT2D eigenvalue weighted by molar-refractivity contribution is 6.41. The van der Waals surface area contributed by atoms with E-state index in [0.717, 1.165) is 43.9 Å². The lowest BCUT2D eigenvalue weighted by atomic mass is 10.1. The molecule has 6 nitrogen and oxygen atoms in total. The van der Waals surface area contributed by atoms with Gasteiger partial charge in [-0.2, -0.15) is 0 Å². The number of guanidine groups is 1. The van der Waals surface area contributed by atoms with Crippen LogP contribution in [0.5, 0.6) is 0 Å². The second-order valence-corrected chi connectivity index (χ2v) is 6.42. The van der Waals surface area contributed by atoms with E-state index in [9.17, 15) is 4.79 Å². The maximum absolute atomic E-state index is 11.2. The molecule has 8 heteroatoms. The van der Waals surface area contributed by atoms with Gasteiger partial charge in [0.1, 0.15) is 5.15 Å². The smallest absolute Gasteiger partial charge is 0.305 e. The van der Waals surface area contributed by atoms with Gasteiger partial charge in [0.25, 0.3) is 0 Å². The third-order valence-electron chi connectivity index (χ3n) is 3.78. The van der Waals surface area contributed by atoms with Gasteiger partial charge in [0.15, 0.2) is 5.96 Å². The van der Waals surface area contributed by atoms with Gasteiger partial charge < -0.3 is 19.9 Å². The summed E-state index contributed by atoms with van der Waals surface area (Å²) in [6, 6.07) is 1.84. The molecule has 0 amide bonds. The SMILES string of the molecule is CCOC(=O)CCCCCCNC(=NC)NCc1cc(Cl)c(Cl)n1C. The Balaban J connectivity index is 2.16. The molecule has 0 bridgehead atoms. The molecule has 0 saturated carbocycles. The van der Waals surface area contributed by atoms with Crippen LogP contribution in [0.25, 0.3) is 0 Å². The first-order chi connectivity index (χ1) is 12.0. The number of halogens is 2. The first kappa shape index (κ1) is 21.6. The zero-order valence-corrected chi connectivity index (χ0v) is 16.7. The number of unbranched alkanes of at least 4 members (excludes halogenated alkanes) is 3. The zero-order chi connectivity index (χ0) is 18.7. The van der Waals surface area contributed by atoms with E-state index in [1.54, 1.807) is 7.05 Å². The van der Waals surface area contributed by atoms with Crippen molar-refractivity contribution in [1.82, 2.24) is 15.2 Å². The number of rotatable bonds is 10. The minimum Gasteiger partial charge on any atom is -0.466 e. The molecule has 0 saturated heterocycles. The second kappa shape index (κ2) is 12.0. The normalized spacial score (nSPS) is 11.5. The lowest BCUT2D eigenvalue weighted by Crippen LogP contribution is -2.37. The summed E-state index contributed by atoms with van der Waals surface area (Å²) in [7, 11) is 3.61. The van der Waals surface area contributed by atoms with E-state index >= 15 is 0 Å². The van der Waals surface area contributed by atoms with Crippen molar-refractivity contribution in [2.24, 2.45) is 12.0 Å². The highest BCUT2D eigenvalue weighted by atomic mass is 35.5. The number of carbonyl (C=O) groups is 1. The summed E-state index contributed by atoms with van der Waals surface area (Å²) in [6.45, 7) is 3.69. The molecule has 1 heterocycles. The Morgan fingerprint density at radius 1 is 1.24 bits per heavy atom. The molecule has 0 aliphatic heterocycles. The number of hydrogen-bond acceptors (Lipinski definition) is 3. The number of hydrogen-bond donors (Lipinski definition) is 2. The second-order valence-electron chi connectivity index (χ2n) is 5.66. The summed E-state index contributed by atoms with van der Waals surface area (Å²) in [5.74, 6) is 0.631. The molecule has 0 spiro atoms. The molecular weight excluding hydrogens is 363 g/mol. The van der Waals surface area contributed by atoms with E-state index in [-0.39, 0.29) is 5.97 Å². The molecule has 0 aliphatic rings. The van der Waals surface area contributed by atoms with Crippen LogP contribution in [-0.4, -0.2) is 36.7 Å². The quantitative estimate of drug-likeness (QED) is 0.277. The van der Waals surface area contributed by atoms with Crippen molar-refractivity contribution in [3.63, 3.8) is 0 Å². The lowest BCUT2D eigenvalue weighted by Gasteiger charge is -2.12. The minimum absolute atomic E-state index is 0.105. The van der Waals surface area contributed by atoms with Gasteiger partial charge in [0.2, 0.25) is 0 Å². The fourth-order valence-electron chi connectivity index (χ4n) is 2.34. The largest absolute Gasteiger partial charge is 0.466 e. The van der Waals surface area contributed by atoms with Gasteiger partial charge in [-0.3, -0.25) is 9.79 Å². The lowest BCUT2D eigenvalue weighted by molar-refractivity contribution is -0.143. The van der Waals surface area contributed by atoms with Crippen LogP contribution in [0.3, 0.4) is 0 Å². The highest BCUT2D eigenvalue weighted by Gasteiger charge is 2.09. The summed E-state index contributed by atoms with van der Waals surface area (Å²) in [5, 5.41) is 7.59. The first-order valence-electron chi connectivity index (χ1n) is 8.59. The monoisotopic (exact) mass is 390 g/mol. The molecule has 1 aromatic heterocycles. The van der Waals surface area contributed by atoms with Crippen molar-refractivity contribution in [2.45, 2.75) is 45.6 Å². The molecule has 0 fully saturated rings. The number of esters is 1. The molecule has 1 rings (SSSR count). The Hall–Kier alpha value is -1.40. The van der Waals surface area contributed by atoms with E-state index in [0.29, 0.717) is 29.7 Å². The molecule has 0 aromatic carbocycles. The number of aromatic nitrogens is 1. The summed E-state index contributed by atoms with van der Waals surface area (Å²) >= 11 is 12.1. The van der Waals surface area contributed by atoms with Gasteiger partial charge in [-0.25, -0.2) is 0 Å². The van der Waals surface area contributed by atoms with Crippen molar-refractivity contribution >= 4 is 35.1 Å². The van der Waals surface area contributed by atoms with Crippen molar-refractivity contribution in [3.05, 3.63) is 21.9 Å². The number of aliphatic imine (C=N–C) groups is 1. The van der Waals surface area contributed by atoms with E-state index in [1.807, 2.05) is 24.6 Å². The Kier molecular flexibility index (Phi) is 10.4. The number of nitrogens with one attached hydrogen (secondary N) is 2. The third-order valence-corrected chi connectivity index (χ3v) is 4.62. The van der Waals surface area contributed by atoms with Crippen molar-refractivity contribution < 1.29 is 9.53 Å². The van der Waals surface area contributed by atoms with Gasteiger partial charge in [-0.1, -0.05) is 36.0 Å². The Bertz CT molecular complexity index is 573. The van der Waals surface area contributed by atoms with Gasteiger partial charge in [0.05, 0.1) is 18.2 Å². The molecule has 0 atom stereocenters. The maximum atomic E-state index is 11.2. The Labute approximate surface area is 159 Å². The zero-order valence-electron chi connectivity index (χ0n) is 15.2. The molecule has 0 aliphatic carbocycles. The minimum atomic E-state index is -0.105. The molecular formula is C17H28Cl2N4O2. The fraction of sp³-hybridized carbons (Fsp3) is 0.647. The van der Waals surface area contributed by atoms with Crippen molar-refractivity contribution in [2.75, 3.05) is 20.2 Å².